The monoisotopic (exact) mass is 245 g/mol. The number of aromatic nitrogens is 2. The van der Waals surface area contributed by atoms with E-state index < -0.39 is 42.3 Å². The van der Waals surface area contributed by atoms with Gasteiger partial charge in [-0.15, -0.1) is 0 Å². The fourth-order valence-corrected chi connectivity index (χ4v) is 1.03. The molecule has 1 aromatic carbocycles. The van der Waals surface area contributed by atoms with Crippen molar-refractivity contribution in [3.8, 4) is 5.69 Å². The van der Waals surface area contributed by atoms with Gasteiger partial charge >= 0.3 is 0 Å². The first-order chi connectivity index (χ1) is 9.98. The highest BCUT2D eigenvalue weighted by molar-refractivity contribution is 9.10. The minimum Gasteiger partial charge on any atom is -0.240 e. The van der Waals surface area contributed by atoms with E-state index in [9.17, 15) is 0 Å². The molecule has 0 saturated carbocycles. The van der Waals surface area contributed by atoms with E-state index in [0.717, 1.165) is 4.68 Å². The fourth-order valence-electron chi connectivity index (χ4n) is 0.783. The molecular weight excluding hydrogens is 228 g/mol. The molecule has 13 heavy (non-hydrogen) atoms. The van der Waals surface area contributed by atoms with Gasteiger partial charge in [0.25, 0.3) is 0 Å². The average Bonchev–Trinajstić information content (AvgIpc) is 2.63. The van der Waals surface area contributed by atoms with Crippen molar-refractivity contribution in [1.29, 1.82) is 0 Å². The Bertz CT molecular complexity index is 765. The van der Waals surface area contributed by atoms with E-state index >= 15 is 0 Å². The van der Waals surface area contributed by atoms with Crippen LogP contribution in [-0.4, -0.2) is 9.78 Å². The zero-order valence-electron chi connectivity index (χ0n) is 15.3. The molecule has 0 saturated heterocycles. The smallest absolute Gasteiger partial charge is 0.0872 e. The van der Waals surface area contributed by atoms with Gasteiger partial charge in [-0.2, -0.15) is 5.10 Å². The molecule has 0 spiro atoms. The molecule has 0 N–H and O–H groups in total. The number of rotatable bonds is 1. The Morgan fingerprint density at radius 2 is 2.54 bits per heavy atom. The highest BCUT2D eigenvalue weighted by Gasteiger charge is 1.97. The van der Waals surface area contributed by atoms with Crippen molar-refractivity contribution in [2.45, 2.75) is 6.85 Å². The van der Waals surface area contributed by atoms with Gasteiger partial charge in [-0.25, -0.2) is 4.68 Å². The van der Waals surface area contributed by atoms with Gasteiger partial charge in [0.2, 0.25) is 0 Å². The Labute approximate surface area is 98.0 Å². The molecule has 0 unspecified atom stereocenters. The third-order valence-electron chi connectivity index (χ3n) is 1.28. The zero-order valence-corrected chi connectivity index (χ0v) is 7.86. The number of hydrogen-bond donors (Lipinski definition) is 0. The van der Waals surface area contributed by atoms with Crippen LogP contribution in [0.2, 0.25) is 0 Å². The second-order valence-corrected chi connectivity index (χ2v) is 2.97. The van der Waals surface area contributed by atoms with Gasteiger partial charge in [0.1, 0.15) is 0 Å². The highest BCUT2D eigenvalue weighted by Crippen LogP contribution is 2.13. The molecule has 0 aliphatic heterocycles. The number of benzene rings is 1. The van der Waals surface area contributed by atoms with Crippen LogP contribution in [0, 0.1) is 6.85 Å². The van der Waals surface area contributed by atoms with Gasteiger partial charge in [0, 0.05) is 10.3 Å². The summed E-state index contributed by atoms with van der Waals surface area (Å²) in [6.45, 7) is -2.82. The molecule has 0 aliphatic carbocycles. The topological polar surface area (TPSA) is 17.8 Å². The van der Waals surface area contributed by atoms with Crippen LogP contribution in [-0.2, 0) is 0 Å². The molecule has 1 aromatic heterocycles. The van der Waals surface area contributed by atoms with Crippen LogP contribution in [0.4, 0.5) is 0 Å². The van der Waals surface area contributed by atoms with Gasteiger partial charge in [-0.1, -0.05) is 12.1 Å². The van der Waals surface area contributed by atoms with Gasteiger partial charge in [0.15, 0.2) is 0 Å². The third kappa shape index (κ3) is 1.80. The van der Waals surface area contributed by atoms with Crippen molar-refractivity contribution >= 4 is 15.9 Å². The summed E-state index contributed by atoms with van der Waals surface area (Å²) in [6.07, 6.45) is -0.665. The van der Waals surface area contributed by atoms with Crippen LogP contribution in [0.5, 0.6) is 0 Å². The summed E-state index contributed by atoms with van der Waals surface area (Å²) in [6, 6.07) is -2.65. The van der Waals surface area contributed by atoms with Crippen molar-refractivity contribution in [1.82, 2.24) is 9.78 Å². The van der Waals surface area contributed by atoms with Crippen LogP contribution < -0.4 is 0 Å². The summed E-state index contributed by atoms with van der Waals surface area (Å²) in [5.74, 6) is 0. The van der Waals surface area contributed by atoms with E-state index in [0.29, 0.717) is 0 Å². The fraction of sp³-hybridized carbons (Fsp3) is 0.100. The van der Waals surface area contributed by atoms with Crippen LogP contribution >= 0.6 is 15.9 Å². The second kappa shape index (κ2) is 3.34. The van der Waals surface area contributed by atoms with E-state index in [1.54, 1.807) is 0 Å². The van der Waals surface area contributed by atoms with E-state index in [1.165, 1.54) is 0 Å². The molecular formula is C10H9BrN2. The van der Waals surface area contributed by atoms with Crippen LogP contribution in [0.3, 0.4) is 0 Å². The average molecular weight is 246 g/mol. The van der Waals surface area contributed by atoms with Gasteiger partial charge < -0.3 is 0 Å². The van der Waals surface area contributed by atoms with E-state index in [4.69, 9.17) is 12.3 Å². The van der Waals surface area contributed by atoms with Crippen LogP contribution in [0.15, 0.2) is 41.0 Å². The third-order valence-corrected chi connectivity index (χ3v) is 1.63. The molecule has 0 atom stereocenters. The Balaban J connectivity index is 2.94. The van der Waals surface area contributed by atoms with Gasteiger partial charge in [-0.3, -0.25) is 0 Å². The minimum atomic E-state index is -2.82. The quantitative estimate of drug-likeness (QED) is 0.756. The maximum absolute atomic E-state index is 7.99. The second-order valence-electron chi connectivity index (χ2n) is 2.17. The Morgan fingerprint density at radius 3 is 3.23 bits per heavy atom. The first-order valence-corrected chi connectivity index (χ1v) is 4.10. The Hall–Kier alpha value is -1.09. The molecule has 2 rings (SSSR count). The molecule has 0 fully saturated rings. The lowest BCUT2D eigenvalue weighted by Crippen LogP contribution is -1.93. The largest absolute Gasteiger partial charge is 0.240 e. The molecule has 0 bridgehead atoms. The SMILES string of the molecule is [2H]c1nn(-c2c([2H])c([2H])c([2H])c(C([2H])([2H])[2H])c2[2H])c([2H])c1Br. The van der Waals surface area contributed by atoms with E-state index in [1.807, 2.05) is 0 Å². The van der Waals surface area contributed by atoms with Crippen molar-refractivity contribution in [3.63, 3.8) is 0 Å². The van der Waals surface area contributed by atoms with Gasteiger partial charge in [-0.05, 0) is 40.4 Å². The van der Waals surface area contributed by atoms with Gasteiger partial charge in [0.05, 0.1) is 24.6 Å². The summed E-state index contributed by atoms with van der Waals surface area (Å²) in [5.41, 5.74) is -1.09. The molecule has 3 heteroatoms. The van der Waals surface area contributed by atoms with Crippen molar-refractivity contribution in [3.05, 3.63) is 46.6 Å². The summed E-state index contributed by atoms with van der Waals surface area (Å²) in [5, 5.41) is 3.68. The predicted octanol–water partition coefficient (Wildman–Crippen LogP) is 2.94. The highest BCUT2D eigenvalue weighted by atomic mass is 79.9. The minimum absolute atomic E-state index is 0.0169. The maximum Gasteiger partial charge on any atom is 0.0872 e. The lowest BCUT2D eigenvalue weighted by Gasteiger charge is -2.00. The number of hydrogen-bond acceptors (Lipinski definition) is 1. The van der Waals surface area contributed by atoms with E-state index in [2.05, 4.69) is 21.0 Å². The van der Waals surface area contributed by atoms with Crippen molar-refractivity contribution in [2.24, 2.45) is 0 Å². The standard InChI is InChI=1S/C10H9BrN2/c1-8-3-2-4-10(5-8)13-7-9(11)6-12-13/h2-7H,1H3/i1D3,2D,3D,4D,5D,6D,7D. The maximum atomic E-state index is 7.99. The van der Waals surface area contributed by atoms with Crippen LogP contribution in [0.25, 0.3) is 5.69 Å². The molecule has 2 nitrogen and oxygen atoms in total. The number of nitrogens with zero attached hydrogens (tertiary/aromatic N) is 2. The Morgan fingerprint density at radius 1 is 1.62 bits per heavy atom. The Kier molecular flexibility index (Phi) is 0.759. The summed E-state index contributed by atoms with van der Waals surface area (Å²) >= 11 is 2.96. The summed E-state index contributed by atoms with van der Waals surface area (Å²) < 4.78 is 69.6. The molecule has 2 aromatic rings. The molecule has 66 valence electrons. The lowest BCUT2D eigenvalue weighted by atomic mass is 10.2. The molecule has 0 amide bonds. The van der Waals surface area contributed by atoms with Crippen molar-refractivity contribution < 1.29 is 12.3 Å². The number of halogens is 1. The molecule has 1 heterocycles. The summed E-state index contributed by atoms with van der Waals surface area (Å²) in [4.78, 5) is 0. The predicted molar refractivity (Wildman–Crippen MR) is 56.0 cm³/mol. The molecule has 0 aliphatic rings. The first kappa shape index (κ1) is 2.95. The normalized spacial score (nSPS) is 21.2. The lowest BCUT2D eigenvalue weighted by molar-refractivity contribution is 0.879. The van der Waals surface area contributed by atoms with E-state index in [-0.39, 0.29) is 16.8 Å². The zero-order chi connectivity index (χ0) is 17.0. The summed E-state index contributed by atoms with van der Waals surface area (Å²) in [7, 11) is 0. The van der Waals surface area contributed by atoms with Crippen LogP contribution in [0.1, 0.15) is 17.9 Å². The van der Waals surface area contributed by atoms with Crippen molar-refractivity contribution in [2.75, 3.05) is 0 Å². The molecule has 0 radical (unpaired) electrons. The first-order valence-electron chi connectivity index (χ1n) is 7.81.